The lowest BCUT2D eigenvalue weighted by Crippen LogP contribution is -2.31. The number of carbonyl (C=O) groups is 1. The largest absolute Gasteiger partial charge is 0.481 e. The first-order chi connectivity index (χ1) is 14.7. The summed E-state index contributed by atoms with van der Waals surface area (Å²) in [6.07, 6.45) is -0.909. The number of aryl methyl sites for hydroxylation is 2. The number of carbonyl (C=O) groups excluding carboxylic acids is 1. The Kier molecular flexibility index (Phi) is 5.43. The number of rotatable bonds is 4. The number of nitrogens with one attached hydrogen (secondary N) is 1. The molecule has 4 rings (SSSR count). The van der Waals surface area contributed by atoms with Gasteiger partial charge in [0, 0.05) is 29.8 Å². The van der Waals surface area contributed by atoms with Crippen molar-refractivity contribution in [3.05, 3.63) is 64.7 Å². The first-order valence-electron chi connectivity index (χ1n) is 9.74. The lowest BCUT2D eigenvalue weighted by Gasteiger charge is -2.21. The number of fused-ring (bicyclic) bond motifs is 1. The molecular weight excluding hydrogens is 411 g/mol. The van der Waals surface area contributed by atoms with Crippen LogP contribution in [0.15, 0.2) is 40.9 Å². The van der Waals surface area contributed by atoms with E-state index in [0.29, 0.717) is 47.2 Å². The maximum Gasteiger partial charge on any atom is 0.416 e. The summed E-state index contributed by atoms with van der Waals surface area (Å²) in [4.78, 5) is 21.4. The van der Waals surface area contributed by atoms with Crippen molar-refractivity contribution in [3.8, 4) is 17.3 Å². The molecule has 0 aliphatic heterocycles. The highest BCUT2D eigenvalue weighted by Gasteiger charge is 2.32. The summed E-state index contributed by atoms with van der Waals surface area (Å²) in [6, 6.07) is 6.29. The Morgan fingerprint density at radius 2 is 2.06 bits per heavy atom. The van der Waals surface area contributed by atoms with Gasteiger partial charge in [-0.15, -0.1) is 0 Å². The van der Waals surface area contributed by atoms with Gasteiger partial charge in [0.15, 0.2) is 0 Å². The van der Waals surface area contributed by atoms with E-state index in [4.69, 9.17) is 9.15 Å². The van der Waals surface area contributed by atoms with E-state index < -0.39 is 23.7 Å². The topological polar surface area (TPSA) is 77.3 Å². The van der Waals surface area contributed by atoms with Gasteiger partial charge in [-0.2, -0.15) is 13.2 Å². The van der Waals surface area contributed by atoms with E-state index in [9.17, 15) is 18.0 Å². The van der Waals surface area contributed by atoms with Crippen molar-refractivity contribution in [3.63, 3.8) is 0 Å². The van der Waals surface area contributed by atoms with Crippen LogP contribution in [0.1, 0.15) is 51.8 Å². The third-order valence-corrected chi connectivity index (χ3v) is 5.12. The third-order valence-electron chi connectivity index (χ3n) is 5.12. The number of aromatic nitrogens is 2. The first kappa shape index (κ1) is 20.9. The maximum atomic E-state index is 13.1. The van der Waals surface area contributed by atoms with Gasteiger partial charge in [-0.3, -0.25) is 4.79 Å². The molecule has 0 bridgehead atoms. The standard InChI is InChI=1S/C22H20F3N3O3/c1-12-8-14(10-15(9-12)22(23,24)25)20(29)27-16-4-3-5-17-19(16)28-21(31-17)13-6-7-26-18(11-13)30-2/h6-11,16H,3-5H2,1-2H3,(H,27,29)/t16-/m1/s1. The lowest BCUT2D eigenvalue weighted by atomic mass is 9.96. The molecule has 162 valence electrons. The van der Waals surface area contributed by atoms with Gasteiger partial charge < -0.3 is 14.5 Å². The minimum Gasteiger partial charge on any atom is -0.481 e. The summed E-state index contributed by atoms with van der Waals surface area (Å²) in [5, 5.41) is 2.82. The van der Waals surface area contributed by atoms with Crippen molar-refractivity contribution in [2.45, 2.75) is 38.4 Å². The van der Waals surface area contributed by atoms with Gasteiger partial charge in [-0.05, 0) is 49.6 Å². The maximum absolute atomic E-state index is 13.1. The van der Waals surface area contributed by atoms with Crippen LogP contribution in [0, 0.1) is 6.92 Å². The fourth-order valence-corrected chi connectivity index (χ4v) is 3.66. The molecule has 9 heteroatoms. The van der Waals surface area contributed by atoms with Gasteiger partial charge in [0.1, 0.15) is 11.5 Å². The Labute approximate surface area is 176 Å². The molecule has 0 saturated carbocycles. The van der Waals surface area contributed by atoms with Gasteiger partial charge in [0.2, 0.25) is 11.8 Å². The molecule has 1 aliphatic carbocycles. The zero-order chi connectivity index (χ0) is 22.2. The van der Waals surface area contributed by atoms with Gasteiger partial charge in [-0.1, -0.05) is 0 Å². The van der Waals surface area contributed by atoms with E-state index in [1.165, 1.54) is 20.1 Å². The van der Waals surface area contributed by atoms with Crippen LogP contribution in [-0.2, 0) is 12.6 Å². The number of pyridine rings is 1. The molecule has 1 atom stereocenters. The predicted octanol–water partition coefficient (Wildman–Crippen LogP) is 4.88. The molecule has 6 nitrogen and oxygen atoms in total. The summed E-state index contributed by atoms with van der Waals surface area (Å²) in [5.74, 6) is 0.866. The van der Waals surface area contributed by atoms with Crippen LogP contribution in [0.25, 0.3) is 11.5 Å². The smallest absolute Gasteiger partial charge is 0.416 e. The fourth-order valence-electron chi connectivity index (χ4n) is 3.66. The van der Waals surface area contributed by atoms with Gasteiger partial charge in [0.25, 0.3) is 5.91 Å². The summed E-state index contributed by atoms with van der Waals surface area (Å²) in [5.41, 5.74) is 0.743. The first-order valence-corrected chi connectivity index (χ1v) is 9.74. The van der Waals surface area contributed by atoms with Gasteiger partial charge >= 0.3 is 6.18 Å². The Morgan fingerprint density at radius 3 is 2.81 bits per heavy atom. The number of hydrogen-bond donors (Lipinski definition) is 1. The van der Waals surface area contributed by atoms with Crippen LogP contribution < -0.4 is 10.1 Å². The molecule has 3 aromatic rings. The molecule has 0 spiro atoms. The third kappa shape index (κ3) is 4.40. The van der Waals surface area contributed by atoms with Gasteiger partial charge in [0.05, 0.1) is 18.7 Å². The monoisotopic (exact) mass is 431 g/mol. The number of alkyl halides is 3. The Balaban J connectivity index is 1.60. The number of nitrogens with zero attached hydrogens (tertiary/aromatic N) is 2. The molecule has 0 fully saturated rings. The normalized spacial score (nSPS) is 16.0. The van der Waals surface area contributed by atoms with Crippen LogP contribution in [0.5, 0.6) is 5.88 Å². The molecule has 2 aromatic heterocycles. The van der Waals surface area contributed by atoms with Crippen molar-refractivity contribution in [2.24, 2.45) is 0 Å². The van der Waals surface area contributed by atoms with Crippen molar-refractivity contribution in [2.75, 3.05) is 7.11 Å². The van der Waals surface area contributed by atoms with Crippen molar-refractivity contribution < 1.29 is 27.1 Å². The fraction of sp³-hybridized carbons (Fsp3) is 0.318. The van der Waals surface area contributed by atoms with Crippen LogP contribution in [-0.4, -0.2) is 23.0 Å². The lowest BCUT2D eigenvalue weighted by molar-refractivity contribution is -0.137. The number of amides is 1. The molecule has 1 aromatic carbocycles. The van der Waals surface area contributed by atoms with E-state index in [0.717, 1.165) is 18.6 Å². The van der Waals surface area contributed by atoms with E-state index in [1.807, 2.05) is 0 Å². The predicted molar refractivity (Wildman–Crippen MR) is 106 cm³/mol. The van der Waals surface area contributed by atoms with Crippen LogP contribution in [0.4, 0.5) is 13.2 Å². The second-order valence-electron chi connectivity index (χ2n) is 7.42. The van der Waals surface area contributed by atoms with Crippen LogP contribution in [0.3, 0.4) is 0 Å². The average Bonchev–Trinajstić information content (AvgIpc) is 3.18. The molecule has 1 N–H and O–H groups in total. The number of benzene rings is 1. The van der Waals surface area contributed by atoms with E-state index >= 15 is 0 Å². The molecule has 1 aliphatic rings. The number of ether oxygens (including phenoxy) is 1. The van der Waals surface area contributed by atoms with Crippen molar-refractivity contribution in [1.82, 2.24) is 15.3 Å². The van der Waals surface area contributed by atoms with E-state index in [1.54, 1.807) is 18.3 Å². The Morgan fingerprint density at radius 1 is 1.26 bits per heavy atom. The highest BCUT2D eigenvalue weighted by atomic mass is 19.4. The second kappa shape index (κ2) is 8.05. The van der Waals surface area contributed by atoms with E-state index in [2.05, 4.69) is 15.3 Å². The molecule has 2 heterocycles. The Hall–Kier alpha value is -3.36. The number of hydrogen-bond acceptors (Lipinski definition) is 5. The number of methoxy groups -OCH3 is 1. The summed E-state index contributed by atoms with van der Waals surface area (Å²) in [6.45, 7) is 1.53. The molecule has 0 saturated heterocycles. The minimum absolute atomic E-state index is 0.0398. The van der Waals surface area contributed by atoms with E-state index in [-0.39, 0.29) is 5.56 Å². The number of oxazole rings is 1. The zero-order valence-electron chi connectivity index (χ0n) is 16.9. The highest BCUT2D eigenvalue weighted by molar-refractivity contribution is 5.95. The SMILES string of the molecule is COc1cc(-c2nc3c(o2)CCC[C@H]3NC(=O)c2cc(C)cc(C(F)(F)F)c2)ccn1. The molecule has 0 radical (unpaired) electrons. The molecule has 31 heavy (non-hydrogen) atoms. The van der Waals surface area contributed by atoms with Crippen LogP contribution in [0.2, 0.25) is 0 Å². The van der Waals surface area contributed by atoms with Crippen molar-refractivity contribution >= 4 is 5.91 Å². The minimum atomic E-state index is -4.52. The Bertz CT molecular complexity index is 1120. The average molecular weight is 431 g/mol. The zero-order valence-corrected chi connectivity index (χ0v) is 16.9. The second-order valence-corrected chi connectivity index (χ2v) is 7.42. The highest BCUT2D eigenvalue weighted by Crippen LogP contribution is 2.34. The quantitative estimate of drug-likeness (QED) is 0.637. The summed E-state index contributed by atoms with van der Waals surface area (Å²) < 4.78 is 50.4. The number of halogens is 3. The van der Waals surface area contributed by atoms with Gasteiger partial charge in [-0.25, -0.2) is 9.97 Å². The molecular formula is C22H20F3N3O3. The summed E-state index contributed by atoms with van der Waals surface area (Å²) in [7, 11) is 1.51. The molecule has 1 amide bonds. The van der Waals surface area contributed by atoms with Crippen LogP contribution >= 0.6 is 0 Å². The molecule has 0 unspecified atom stereocenters. The summed E-state index contributed by atoms with van der Waals surface area (Å²) >= 11 is 0. The van der Waals surface area contributed by atoms with Crippen molar-refractivity contribution in [1.29, 1.82) is 0 Å².